The quantitative estimate of drug-likeness (QED) is 0.841. The third-order valence-electron chi connectivity index (χ3n) is 5.13. The highest BCUT2D eigenvalue weighted by Crippen LogP contribution is 2.36. The molecular formula is C17H21FN2O5S. The smallest absolute Gasteiger partial charge is 0.307 e. The number of hydrogen-bond acceptors (Lipinski definition) is 4. The van der Waals surface area contributed by atoms with E-state index in [0.29, 0.717) is 25.8 Å². The van der Waals surface area contributed by atoms with E-state index in [1.807, 2.05) is 0 Å². The molecule has 26 heavy (non-hydrogen) atoms. The summed E-state index contributed by atoms with van der Waals surface area (Å²) in [4.78, 5) is 25.3. The van der Waals surface area contributed by atoms with Gasteiger partial charge in [0, 0.05) is 26.2 Å². The number of nitrogens with zero attached hydrogens (tertiary/aromatic N) is 2. The van der Waals surface area contributed by atoms with E-state index in [0.717, 1.165) is 12.1 Å². The van der Waals surface area contributed by atoms with Crippen molar-refractivity contribution in [1.82, 2.24) is 9.21 Å². The lowest BCUT2D eigenvalue weighted by Crippen LogP contribution is -2.47. The highest BCUT2D eigenvalue weighted by atomic mass is 32.2. The van der Waals surface area contributed by atoms with Gasteiger partial charge in [0.05, 0.1) is 16.7 Å². The first-order valence-corrected chi connectivity index (χ1v) is 10.0. The fraction of sp³-hybridized carbons (Fsp3) is 0.529. The zero-order chi connectivity index (χ0) is 18.9. The van der Waals surface area contributed by atoms with Crippen LogP contribution in [0.3, 0.4) is 0 Å². The lowest BCUT2D eigenvalue weighted by molar-refractivity contribution is -0.156. The van der Waals surface area contributed by atoms with E-state index in [-0.39, 0.29) is 30.4 Å². The first-order chi connectivity index (χ1) is 12.3. The van der Waals surface area contributed by atoms with Crippen LogP contribution in [-0.4, -0.2) is 60.8 Å². The van der Waals surface area contributed by atoms with Gasteiger partial charge in [-0.1, -0.05) is 0 Å². The number of carbonyl (C=O) groups is 2. The molecule has 0 spiro atoms. The summed E-state index contributed by atoms with van der Waals surface area (Å²) in [6, 6.07) is 4.65. The summed E-state index contributed by atoms with van der Waals surface area (Å²) >= 11 is 0. The number of hydrogen-bond donors (Lipinski definition) is 1. The van der Waals surface area contributed by atoms with Crippen LogP contribution in [0.4, 0.5) is 4.39 Å². The Balaban J connectivity index is 1.67. The van der Waals surface area contributed by atoms with Crippen molar-refractivity contribution in [2.45, 2.75) is 24.2 Å². The number of sulfonamides is 1. The van der Waals surface area contributed by atoms with Crippen LogP contribution in [0, 0.1) is 17.7 Å². The molecule has 1 saturated heterocycles. The van der Waals surface area contributed by atoms with Crippen LogP contribution < -0.4 is 0 Å². The molecule has 1 amide bonds. The summed E-state index contributed by atoms with van der Waals surface area (Å²) in [5.41, 5.74) is 0. The van der Waals surface area contributed by atoms with Gasteiger partial charge in [-0.2, -0.15) is 4.31 Å². The number of carboxylic acids is 1. The summed E-state index contributed by atoms with van der Waals surface area (Å²) in [6.07, 6.45) is 1.53. The molecule has 2 aliphatic rings. The molecular weight excluding hydrogens is 363 g/mol. The second kappa shape index (κ2) is 7.32. The number of amides is 1. The minimum Gasteiger partial charge on any atom is -0.481 e. The summed E-state index contributed by atoms with van der Waals surface area (Å²) in [5.74, 6) is -2.81. The minimum atomic E-state index is -3.75. The Labute approximate surface area is 151 Å². The van der Waals surface area contributed by atoms with E-state index < -0.39 is 33.6 Å². The standard InChI is InChI=1S/C17H21FN2O5S/c18-12-2-4-13(5-3-12)26(24,25)20-9-1-8-19(10-11-20)16(21)14-6-7-15(14)17(22)23/h2-5,14-15H,1,6-11H2,(H,22,23). The summed E-state index contributed by atoms with van der Waals surface area (Å²) < 4.78 is 39.7. The maximum Gasteiger partial charge on any atom is 0.307 e. The topological polar surface area (TPSA) is 95.0 Å². The molecule has 1 aromatic carbocycles. The molecule has 7 nitrogen and oxygen atoms in total. The molecule has 2 atom stereocenters. The van der Waals surface area contributed by atoms with Gasteiger partial charge >= 0.3 is 5.97 Å². The van der Waals surface area contributed by atoms with Gasteiger partial charge in [-0.05, 0) is 43.5 Å². The van der Waals surface area contributed by atoms with Crippen LogP contribution in [0.1, 0.15) is 19.3 Å². The highest BCUT2D eigenvalue weighted by Gasteiger charge is 2.43. The van der Waals surface area contributed by atoms with Gasteiger partial charge < -0.3 is 10.0 Å². The molecule has 2 unspecified atom stereocenters. The van der Waals surface area contributed by atoms with Crippen molar-refractivity contribution in [2.24, 2.45) is 11.8 Å². The van der Waals surface area contributed by atoms with Crippen molar-refractivity contribution in [2.75, 3.05) is 26.2 Å². The first-order valence-electron chi connectivity index (χ1n) is 8.58. The third kappa shape index (κ3) is 3.59. The Morgan fingerprint density at radius 1 is 1.00 bits per heavy atom. The molecule has 2 fully saturated rings. The molecule has 1 N–H and O–H groups in total. The zero-order valence-corrected chi connectivity index (χ0v) is 15.0. The highest BCUT2D eigenvalue weighted by molar-refractivity contribution is 7.89. The Hall–Kier alpha value is -2.00. The lowest BCUT2D eigenvalue weighted by atomic mass is 9.73. The van der Waals surface area contributed by atoms with E-state index in [1.165, 1.54) is 16.4 Å². The van der Waals surface area contributed by atoms with Crippen LogP contribution in [0.5, 0.6) is 0 Å². The van der Waals surface area contributed by atoms with E-state index in [1.54, 1.807) is 4.90 Å². The molecule has 1 aliphatic carbocycles. The van der Waals surface area contributed by atoms with E-state index >= 15 is 0 Å². The van der Waals surface area contributed by atoms with Crippen molar-refractivity contribution in [3.05, 3.63) is 30.1 Å². The van der Waals surface area contributed by atoms with E-state index in [2.05, 4.69) is 0 Å². The number of rotatable bonds is 4. The number of carbonyl (C=O) groups excluding carboxylic acids is 1. The van der Waals surface area contributed by atoms with Crippen LogP contribution in [0.15, 0.2) is 29.2 Å². The molecule has 142 valence electrons. The van der Waals surface area contributed by atoms with Gasteiger partial charge in [-0.25, -0.2) is 12.8 Å². The minimum absolute atomic E-state index is 0.0172. The molecule has 1 aliphatic heterocycles. The van der Waals surface area contributed by atoms with Crippen LogP contribution in [0.2, 0.25) is 0 Å². The maximum atomic E-state index is 13.0. The molecule has 0 aromatic heterocycles. The van der Waals surface area contributed by atoms with Gasteiger partial charge in [-0.3, -0.25) is 9.59 Å². The Bertz CT molecular complexity index is 796. The van der Waals surface area contributed by atoms with Gasteiger partial charge in [0.1, 0.15) is 5.82 Å². The van der Waals surface area contributed by atoms with Gasteiger partial charge in [0.15, 0.2) is 0 Å². The van der Waals surface area contributed by atoms with Gasteiger partial charge in [-0.15, -0.1) is 0 Å². The third-order valence-corrected chi connectivity index (χ3v) is 7.04. The molecule has 1 saturated carbocycles. The number of aliphatic carboxylic acids is 1. The second-order valence-corrected chi connectivity index (χ2v) is 8.60. The van der Waals surface area contributed by atoms with Crippen molar-refractivity contribution in [3.8, 4) is 0 Å². The fourth-order valence-electron chi connectivity index (χ4n) is 3.44. The second-order valence-electron chi connectivity index (χ2n) is 6.67. The zero-order valence-electron chi connectivity index (χ0n) is 14.2. The summed E-state index contributed by atoms with van der Waals surface area (Å²) in [7, 11) is -3.75. The molecule has 3 rings (SSSR count). The maximum absolute atomic E-state index is 13.0. The number of carboxylic acid groups (broad SMARTS) is 1. The van der Waals surface area contributed by atoms with E-state index in [4.69, 9.17) is 5.11 Å². The predicted molar refractivity (Wildman–Crippen MR) is 90.2 cm³/mol. The molecule has 1 aromatic rings. The SMILES string of the molecule is O=C(O)C1CCC1C(=O)N1CCCN(S(=O)(=O)c2ccc(F)cc2)CC1. The normalized spacial score (nSPS) is 24.6. The Morgan fingerprint density at radius 3 is 2.23 bits per heavy atom. The summed E-state index contributed by atoms with van der Waals surface area (Å²) in [6.45, 7) is 1.02. The molecule has 0 bridgehead atoms. The predicted octanol–water partition coefficient (Wildman–Crippen LogP) is 1.16. The molecule has 0 radical (unpaired) electrons. The van der Waals surface area contributed by atoms with E-state index in [9.17, 15) is 22.4 Å². The first kappa shape index (κ1) is 18.8. The van der Waals surface area contributed by atoms with Crippen molar-refractivity contribution in [3.63, 3.8) is 0 Å². The average molecular weight is 384 g/mol. The molecule has 1 heterocycles. The van der Waals surface area contributed by atoms with Crippen LogP contribution >= 0.6 is 0 Å². The Morgan fingerprint density at radius 2 is 1.65 bits per heavy atom. The van der Waals surface area contributed by atoms with Gasteiger partial charge in [0.2, 0.25) is 15.9 Å². The number of benzene rings is 1. The number of halogens is 1. The van der Waals surface area contributed by atoms with Crippen LogP contribution in [-0.2, 0) is 19.6 Å². The monoisotopic (exact) mass is 384 g/mol. The summed E-state index contributed by atoms with van der Waals surface area (Å²) in [5, 5.41) is 9.12. The molecule has 9 heteroatoms. The average Bonchev–Trinajstić information content (AvgIpc) is 2.80. The largest absolute Gasteiger partial charge is 0.481 e. The van der Waals surface area contributed by atoms with Crippen molar-refractivity contribution in [1.29, 1.82) is 0 Å². The van der Waals surface area contributed by atoms with Crippen LogP contribution in [0.25, 0.3) is 0 Å². The fourth-order valence-corrected chi connectivity index (χ4v) is 4.91. The van der Waals surface area contributed by atoms with Crippen molar-refractivity contribution >= 4 is 21.9 Å². The Kier molecular flexibility index (Phi) is 5.29. The lowest BCUT2D eigenvalue weighted by Gasteiger charge is -2.36. The van der Waals surface area contributed by atoms with Crippen molar-refractivity contribution < 1.29 is 27.5 Å². The van der Waals surface area contributed by atoms with Gasteiger partial charge in [0.25, 0.3) is 0 Å².